The monoisotopic (exact) mass is 505 g/mol. The van der Waals surface area contributed by atoms with E-state index in [1.165, 1.54) is 12.1 Å². The number of rotatable bonds is 10. The van der Waals surface area contributed by atoms with Gasteiger partial charge in [0.15, 0.2) is 5.84 Å². The number of aromatic nitrogens is 1. The number of hydrogen-bond acceptors (Lipinski definition) is 5. The number of ether oxygens (including phenoxy) is 1. The summed E-state index contributed by atoms with van der Waals surface area (Å²) in [6.07, 6.45) is -4.23. The first kappa shape index (κ1) is 26.7. The molecule has 7 nitrogen and oxygen atoms in total. The molecule has 0 aliphatic carbocycles. The van der Waals surface area contributed by atoms with Crippen molar-refractivity contribution in [3.8, 4) is 28.1 Å². The van der Waals surface area contributed by atoms with Crippen molar-refractivity contribution >= 4 is 5.84 Å². The lowest BCUT2D eigenvalue weighted by atomic mass is 9.97. The van der Waals surface area contributed by atoms with Crippen LogP contribution in [0.5, 0.6) is 5.75 Å². The third-order valence-electron chi connectivity index (χ3n) is 5.44. The Labute approximate surface area is 205 Å². The molecule has 1 aromatic heterocycles. The molecule has 2 aromatic carbocycles. The van der Waals surface area contributed by atoms with Gasteiger partial charge in [-0.1, -0.05) is 29.8 Å². The van der Waals surface area contributed by atoms with Gasteiger partial charge >= 0.3 is 6.18 Å². The molecule has 0 atom stereocenters. The summed E-state index contributed by atoms with van der Waals surface area (Å²) < 4.78 is 57.1. The minimum absolute atomic E-state index is 0.0173. The molecule has 0 unspecified atom stereocenters. The molecular weight excluding hydrogens is 478 g/mol. The van der Waals surface area contributed by atoms with E-state index in [-0.39, 0.29) is 41.4 Å². The lowest BCUT2D eigenvalue weighted by Gasteiger charge is -2.13. The molecule has 11 heteroatoms. The highest BCUT2D eigenvalue weighted by Gasteiger charge is 2.25. The van der Waals surface area contributed by atoms with Crippen LogP contribution in [0.4, 0.5) is 17.6 Å². The molecule has 0 radical (unpaired) electrons. The highest BCUT2D eigenvalue weighted by molar-refractivity contribution is 6.03. The van der Waals surface area contributed by atoms with E-state index in [0.717, 1.165) is 11.6 Å². The summed E-state index contributed by atoms with van der Waals surface area (Å²) >= 11 is 0. The molecule has 0 spiro atoms. The zero-order chi connectivity index (χ0) is 26.3. The molecule has 0 saturated heterocycles. The SMILES string of the molecule is Cc1ccc(-c2cc(-c3ccc(OCCCCCC(F)(F)F)cc3F)[nH]c(=O)c2/C(N)=N/NN)cc1. The van der Waals surface area contributed by atoms with E-state index < -0.39 is 24.0 Å². The maximum atomic E-state index is 15.0. The molecule has 6 N–H and O–H groups in total. The van der Waals surface area contributed by atoms with Crippen molar-refractivity contribution in [2.75, 3.05) is 6.61 Å². The number of hydrazine groups is 1. The Morgan fingerprint density at radius 1 is 1.06 bits per heavy atom. The number of unbranched alkanes of at least 4 members (excludes halogenated alkanes) is 2. The predicted molar refractivity (Wildman–Crippen MR) is 131 cm³/mol. The quantitative estimate of drug-likeness (QED) is 0.0793. The summed E-state index contributed by atoms with van der Waals surface area (Å²) in [6, 6.07) is 13.1. The van der Waals surface area contributed by atoms with Crippen LogP contribution in [0.3, 0.4) is 0 Å². The summed E-state index contributed by atoms with van der Waals surface area (Å²) in [4.78, 5) is 15.6. The largest absolute Gasteiger partial charge is 0.493 e. The molecule has 3 aromatic rings. The average Bonchev–Trinajstić information content (AvgIpc) is 2.81. The van der Waals surface area contributed by atoms with Crippen molar-refractivity contribution in [2.45, 2.75) is 38.8 Å². The minimum Gasteiger partial charge on any atom is -0.493 e. The van der Waals surface area contributed by atoms with E-state index in [1.54, 1.807) is 6.07 Å². The molecule has 0 aliphatic rings. The number of nitrogens with zero attached hydrogens (tertiary/aromatic N) is 1. The number of hydrogen-bond donors (Lipinski definition) is 4. The number of pyridine rings is 1. The zero-order valence-electron chi connectivity index (χ0n) is 19.6. The number of aryl methyl sites for hydroxylation is 1. The van der Waals surface area contributed by atoms with Crippen molar-refractivity contribution in [1.29, 1.82) is 0 Å². The topological polar surface area (TPSA) is 119 Å². The maximum Gasteiger partial charge on any atom is 0.389 e. The van der Waals surface area contributed by atoms with Crippen molar-refractivity contribution in [3.05, 3.63) is 75.8 Å². The van der Waals surface area contributed by atoms with E-state index in [2.05, 4.69) is 15.6 Å². The summed E-state index contributed by atoms with van der Waals surface area (Å²) in [5.41, 5.74) is 9.96. The second kappa shape index (κ2) is 11.7. The van der Waals surface area contributed by atoms with Gasteiger partial charge in [0.2, 0.25) is 0 Å². The summed E-state index contributed by atoms with van der Waals surface area (Å²) in [5, 5.41) is 3.71. The van der Waals surface area contributed by atoms with Crippen molar-refractivity contribution in [3.63, 3.8) is 0 Å². The smallest absolute Gasteiger partial charge is 0.389 e. The Bertz CT molecular complexity index is 1270. The van der Waals surface area contributed by atoms with Crippen LogP contribution in [0, 0.1) is 12.7 Å². The summed E-state index contributed by atoms with van der Waals surface area (Å²) in [6.45, 7) is 2.08. The first-order valence-corrected chi connectivity index (χ1v) is 11.2. The van der Waals surface area contributed by atoms with Crippen LogP contribution in [-0.2, 0) is 0 Å². The molecule has 192 valence electrons. The van der Waals surface area contributed by atoms with Gasteiger partial charge in [-0.2, -0.15) is 13.2 Å². The van der Waals surface area contributed by atoms with Crippen LogP contribution in [0.1, 0.15) is 36.8 Å². The second-order valence-electron chi connectivity index (χ2n) is 8.21. The molecule has 0 aliphatic heterocycles. The highest BCUT2D eigenvalue weighted by Crippen LogP contribution is 2.30. The Morgan fingerprint density at radius 2 is 1.78 bits per heavy atom. The maximum absolute atomic E-state index is 15.0. The Morgan fingerprint density at radius 3 is 2.42 bits per heavy atom. The van der Waals surface area contributed by atoms with Crippen LogP contribution in [0.15, 0.2) is 58.4 Å². The highest BCUT2D eigenvalue weighted by atomic mass is 19.4. The lowest BCUT2D eigenvalue weighted by Crippen LogP contribution is -2.29. The van der Waals surface area contributed by atoms with E-state index in [0.29, 0.717) is 24.0 Å². The van der Waals surface area contributed by atoms with E-state index in [4.69, 9.17) is 16.3 Å². The molecule has 0 fully saturated rings. The number of benzene rings is 2. The van der Waals surface area contributed by atoms with Crippen LogP contribution < -0.4 is 27.4 Å². The van der Waals surface area contributed by atoms with Crippen molar-refractivity contribution in [2.24, 2.45) is 16.7 Å². The number of halogens is 4. The van der Waals surface area contributed by atoms with E-state index >= 15 is 0 Å². The molecular formula is C25H27F4N5O2. The number of nitrogens with two attached hydrogens (primary N) is 2. The molecule has 0 bridgehead atoms. The normalized spacial score (nSPS) is 12.0. The molecule has 1 heterocycles. The van der Waals surface area contributed by atoms with Gasteiger partial charge in [-0.05, 0) is 49.9 Å². The number of aromatic amines is 1. The third kappa shape index (κ3) is 7.08. The van der Waals surface area contributed by atoms with Gasteiger partial charge < -0.3 is 15.5 Å². The molecule has 0 saturated carbocycles. The zero-order valence-corrected chi connectivity index (χ0v) is 19.6. The fraction of sp³-hybridized carbons (Fsp3) is 0.280. The fourth-order valence-electron chi connectivity index (χ4n) is 3.64. The van der Waals surface area contributed by atoms with Gasteiger partial charge in [0, 0.05) is 23.6 Å². The third-order valence-corrected chi connectivity index (χ3v) is 5.44. The Balaban J connectivity index is 1.85. The summed E-state index contributed by atoms with van der Waals surface area (Å²) in [5.74, 6) is 4.67. The van der Waals surface area contributed by atoms with Crippen molar-refractivity contribution < 1.29 is 22.3 Å². The number of hydrazone groups is 1. The molecule has 0 amide bonds. The number of alkyl halides is 3. The standard InChI is InChI=1S/C25H27F4N5O2/c1-15-5-7-16(8-6-15)19-14-21(32-24(35)22(19)23(30)33-34-31)18-10-9-17(13-20(18)26)36-12-4-2-3-11-25(27,28)29/h5-10,13-14,34H,2-4,11-12,31H2,1H3,(H2,30,33)(H,32,35). The Hall–Kier alpha value is -3.86. The number of nitrogens with one attached hydrogen (secondary N) is 2. The molecule has 36 heavy (non-hydrogen) atoms. The minimum atomic E-state index is -4.17. The fourth-order valence-corrected chi connectivity index (χ4v) is 3.64. The predicted octanol–water partition coefficient (Wildman–Crippen LogP) is 4.74. The van der Waals surface area contributed by atoms with Gasteiger partial charge in [0.05, 0.1) is 17.9 Å². The van der Waals surface area contributed by atoms with Gasteiger partial charge in [0.25, 0.3) is 5.56 Å². The van der Waals surface area contributed by atoms with Crippen LogP contribution in [0.25, 0.3) is 22.4 Å². The van der Waals surface area contributed by atoms with Crippen molar-refractivity contribution in [1.82, 2.24) is 10.5 Å². The van der Waals surface area contributed by atoms with Gasteiger partial charge in [-0.3, -0.25) is 4.79 Å². The molecule has 3 rings (SSSR count). The van der Waals surface area contributed by atoms with E-state index in [1.807, 2.05) is 31.2 Å². The van der Waals surface area contributed by atoms with Gasteiger partial charge in [-0.15, -0.1) is 5.10 Å². The number of H-pyrrole nitrogens is 1. The van der Waals surface area contributed by atoms with Crippen LogP contribution in [0.2, 0.25) is 0 Å². The van der Waals surface area contributed by atoms with Crippen LogP contribution in [-0.4, -0.2) is 23.6 Å². The first-order valence-electron chi connectivity index (χ1n) is 11.2. The van der Waals surface area contributed by atoms with Gasteiger partial charge in [0.1, 0.15) is 11.6 Å². The Kier molecular flexibility index (Phi) is 8.70. The second-order valence-corrected chi connectivity index (χ2v) is 8.21. The van der Waals surface area contributed by atoms with Gasteiger partial charge in [-0.25, -0.2) is 15.8 Å². The van der Waals surface area contributed by atoms with Crippen LogP contribution >= 0.6 is 0 Å². The average molecular weight is 506 g/mol. The van der Waals surface area contributed by atoms with E-state index in [9.17, 15) is 22.4 Å². The number of amidine groups is 1. The first-order chi connectivity index (χ1) is 17.1. The summed E-state index contributed by atoms with van der Waals surface area (Å²) in [7, 11) is 0. The lowest BCUT2D eigenvalue weighted by molar-refractivity contribution is -0.135.